The fourth-order valence-electron chi connectivity index (χ4n) is 2.87. The van der Waals surface area contributed by atoms with Crippen LogP contribution in [0.3, 0.4) is 0 Å². The van der Waals surface area contributed by atoms with Gasteiger partial charge in [0.1, 0.15) is 0 Å². The lowest BCUT2D eigenvalue weighted by atomic mass is 10.1. The van der Waals surface area contributed by atoms with Crippen LogP contribution in [0.25, 0.3) is 0 Å². The Labute approximate surface area is 168 Å². The van der Waals surface area contributed by atoms with E-state index in [-0.39, 0.29) is 29.9 Å². The molecule has 0 aliphatic carbocycles. The highest BCUT2D eigenvalue weighted by Gasteiger charge is 2.17. The Hall–Kier alpha value is -1.31. The molecule has 140 valence electrons. The van der Waals surface area contributed by atoms with Crippen LogP contribution >= 0.6 is 24.0 Å². The summed E-state index contributed by atoms with van der Waals surface area (Å²) in [6.07, 6.45) is 4.88. The Balaban J connectivity index is 0.00000312. The summed E-state index contributed by atoms with van der Waals surface area (Å²) in [7, 11) is 0. The first kappa shape index (κ1) is 21.7. The number of aliphatic imine (C=N–C) groups is 1. The highest BCUT2D eigenvalue weighted by molar-refractivity contribution is 14.0. The number of guanidine groups is 1. The average molecular weight is 458 g/mol. The molecule has 1 aromatic carbocycles. The van der Waals surface area contributed by atoms with Gasteiger partial charge in [-0.3, -0.25) is 9.79 Å². The van der Waals surface area contributed by atoms with Crippen LogP contribution in [0.5, 0.6) is 0 Å². The van der Waals surface area contributed by atoms with Crippen molar-refractivity contribution in [3.8, 4) is 0 Å². The second-order valence-electron chi connectivity index (χ2n) is 6.11. The molecule has 1 heterocycles. The summed E-state index contributed by atoms with van der Waals surface area (Å²) >= 11 is 0. The molecular weight excluding hydrogens is 427 g/mol. The molecule has 1 aliphatic heterocycles. The monoisotopic (exact) mass is 458 g/mol. The van der Waals surface area contributed by atoms with Gasteiger partial charge < -0.3 is 15.5 Å². The lowest BCUT2D eigenvalue weighted by molar-refractivity contribution is -0.129. The van der Waals surface area contributed by atoms with E-state index in [0.29, 0.717) is 13.0 Å². The van der Waals surface area contributed by atoms with Crippen molar-refractivity contribution in [2.24, 2.45) is 4.99 Å². The van der Waals surface area contributed by atoms with Gasteiger partial charge in [-0.25, -0.2) is 0 Å². The van der Waals surface area contributed by atoms with Crippen molar-refractivity contribution in [2.45, 2.75) is 39.0 Å². The van der Waals surface area contributed by atoms with E-state index in [2.05, 4.69) is 46.8 Å². The normalized spacial score (nSPS) is 14.1. The molecule has 1 saturated heterocycles. The minimum Gasteiger partial charge on any atom is -0.357 e. The molecule has 6 heteroatoms. The average Bonchev–Trinajstić information content (AvgIpc) is 3.14. The van der Waals surface area contributed by atoms with E-state index in [1.54, 1.807) is 0 Å². The van der Waals surface area contributed by atoms with Crippen LogP contribution in [-0.2, 0) is 11.2 Å². The van der Waals surface area contributed by atoms with E-state index in [1.807, 2.05) is 11.0 Å². The highest BCUT2D eigenvalue weighted by Crippen LogP contribution is 2.08. The summed E-state index contributed by atoms with van der Waals surface area (Å²) in [6, 6.07) is 10.5. The zero-order valence-corrected chi connectivity index (χ0v) is 17.5. The molecule has 0 spiro atoms. The summed E-state index contributed by atoms with van der Waals surface area (Å²) in [6.45, 7) is 6.14. The molecule has 0 saturated carbocycles. The van der Waals surface area contributed by atoms with Gasteiger partial charge in [-0.15, -0.1) is 24.0 Å². The van der Waals surface area contributed by atoms with Crippen LogP contribution in [-0.4, -0.2) is 49.5 Å². The smallest absolute Gasteiger partial charge is 0.224 e. The van der Waals surface area contributed by atoms with Gasteiger partial charge in [-0.05, 0) is 38.2 Å². The van der Waals surface area contributed by atoms with Crippen LogP contribution in [0.1, 0.15) is 38.2 Å². The summed E-state index contributed by atoms with van der Waals surface area (Å²) in [5.74, 6) is 1.06. The van der Waals surface area contributed by atoms with E-state index in [4.69, 9.17) is 0 Å². The lowest BCUT2D eigenvalue weighted by Gasteiger charge is -2.16. The van der Waals surface area contributed by atoms with Crippen LogP contribution < -0.4 is 10.6 Å². The number of benzene rings is 1. The molecule has 0 radical (unpaired) electrons. The number of carbonyl (C=O) groups excluding carboxylic acids is 1. The maximum absolute atomic E-state index is 12.0. The molecule has 2 N–H and O–H groups in total. The van der Waals surface area contributed by atoms with E-state index in [1.165, 1.54) is 5.56 Å². The molecule has 5 nitrogen and oxygen atoms in total. The topological polar surface area (TPSA) is 56.7 Å². The van der Waals surface area contributed by atoms with Crippen molar-refractivity contribution in [3.63, 3.8) is 0 Å². The van der Waals surface area contributed by atoms with Crippen LogP contribution in [0, 0.1) is 0 Å². The molecule has 1 fully saturated rings. The van der Waals surface area contributed by atoms with Crippen molar-refractivity contribution in [1.29, 1.82) is 0 Å². The van der Waals surface area contributed by atoms with Crippen LogP contribution in [0.2, 0.25) is 0 Å². The third kappa shape index (κ3) is 8.56. The van der Waals surface area contributed by atoms with E-state index < -0.39 is 0 Å². The van der Waals surface area contributed by atoms with E-state index in [9.17, 15) is 4.79 Å². The second kappa shape index (κ2) is 13.0. The molecular formula is C19H31IN4O. The Bertz CT molecular complexity index is 515. The standard InChI is InChI=1S/C19H30N4O.HI/c1-2-20-19(21-13-8-11-17-9-4-3-5-10-17)22-14-12-18(24)23-15-6-7-16-23;/h3-5,9-10H,2,6-8,11-16H2,1H3,(H2,20,21,22);1H. The third-order valence-electron chi connectivity index (χ3n) is 4.17. The number of hydrogen-bond donors (Lipinski definition) is 2. The fraction of sp³-hybridized carbons (Fsp3) is 0.579. The fourth-order valence-corrected chi connectivity index (χ4v) is 2.87. The number of nitrogens with zero attached hydrogens (tertiary/aromatic N) is 2. The number of amides is 1. The Morgan fingerprint density at radius 1 is 1.16 bits per heavy atom. The molecule has 0 bridgehead atoms. The van der Waals surface area contributed by atoms with Gasteiger partial charge in [-0.2, -0.15) is 0 Å². The predicted molar refractivity (Wildman–Crippen MR) is 115 cm³/mol. The zero-order chi connectivity index (χ0) is 17.0. The van der Waals surface area contributed by atoms with Crippen LogP contribution in [0.15, 0.2) is 35.3 Å². The first-order valence-corrected chi connectivity index (χ1v) is 9.13. The number of aryl methyl sites for hydroxylation is 1. The van der Waals surface area contributed by atoms with Gasteiger partial charge in [0.05, 0.1) is 0 Å². The number of likely N-dealkylation sites (tertiary alicyclic amines) is 1. The van der Waals surface area contributed by atoms with Gasteiger partial charge in [0, 0.05) is 39.1 Å². The number of rotatable bonds is 8. The number of carbonyl (C=O) groups is 1. The van der Waals surface area contributed by atoms with Gasteiger partial charge in [-0.1, -0.05) is 30.3 Å². The Morgan fingerprint density at radius 3 is 2.56 bits per heavy atom. The van der Waals surface area contributed by atoms with Gasteiger partial charge in [0.25, 0.3) is 0 Å². The first-order valence-electron chi connectivity index (χ1n) is 9.13. The Kier molecular flexibility index (Phi) is 11.3. The third-order valence-corrected chi connectivity index (χ3v) is 4.17. The molecule has 25 heavy (non-hydrogen) atoms. The molecule has 0 aromatic heterocycles. The predicted octanol–water partition coefficient (Wildman–Crippen LogP) is 2.80. The molecule has 2 rings (SSSR count). The largest absolute Gasteiger partial charge is 0.357 e. The summed E-state index contributed by atoms with van der Waals surface area (Å²) in [4.78, 5) is 18.6. The van der Waals surface area contributed by atoms with Crippen LogP contribution in [0.4, 0.5) is 0 Å². The SMILES string of the molecule is CCNC(=NCCCc1ccccc1)NCCC(=O)N1CCCC1.I. The molecule has 1 amide bonds. The van der Waals surface area contributed by atoms with Gasteiger partial charge in [0.15, 0.2) is 5.96 Å². The summed E-state index contributed by atoms with van der Waals surface area (Å²) in [5.41, 5.74) is 1.35. The molecule has 0 atom stereocenters. The minimum atomic E-state index is 0. The molecule has 1 aromatic rings. The summed E-state index contributed by atoms with van der Waals surface area (Å²) < 4.78 is 0. The number of nitrogens with one attached hydrogen (secondary N) is 2. The van der Waals surface area contributed by atoms with Crippen molar-refractivity contribution >= 4 is 35.8 Å². The maximum Gasteiger partial charge on any atom is 0.224 e. The number of hydrogen-bond acceptors (Lipinski definition) is 2. The zero-order valence-electron chi connectivity index (χ0n) is 15.2. The minimum absolute atomic E-state index is 0. The quantitative estimate of drug-likeness (QED) is 0.273. The molecule has 0 unspecified atom stereocenters. The number of halogens is 1. The first-order chi connectivity index (χ1) is 11.8. The lowest BCUT2D eigenvalue weighted by Crippen LogP contribution is -2.39. The van der Waals surface area contributed by atoms with Crippen molar-refractivity contribution < 1.29 is 4.79 Å². The summed E-state index contributed by atoms with van der Waals surface area (Å²) in [5, 5.41) is 6.50. The molecule has 1 aliphatic rings. The van der Waals surface area contributed by atoms with Crippen molar-refractivity contribution in [3.05, 3.63) is 35.9 Å². The second-order valence-corrected chi connectivity index (χ2v) is 6.11. The van der Waals surface area contributed by atoms with Crippen molar-refractivity contribution in [1.82, 2.24) is 15.5 Å². The Morgan fingerprint density at radius 2 is 1.88 bits per heavy atom. The van der Waals surface area contributed by atoms with E-state index >= 15 is 0 Å². The van der Waals surface area contributed by atoms with Crippen molar-refractivity contribution in [2.75, 3.05) is 32.7 Å². The van der Waals surface area contributed by atoms with Gasteiger partial charge >= 0.3 is 0 Å². The highest BCUT2D eigenvalue weighted by atomic mass is 127. The maximum atomic E-state index is 12.0. The van der Waals surface area contributed by atoms with E-state index in [0.717, 1.165) is 57.8 Å². The van der Waals surface area contributed by atoms with Gasteiger partial charge in [0.2, 0.25) is 5.91 Å².